The Hall–Kier alpha value is -2.83. The fraction of sp³-hybridized carbons (Fsp3) is 0.261. The summed E-state index contributed by atoms with van der Waals surface area (Å²) in [6.07, 6.45) is 0. The largest absolute Gasteiger partial charge is 0.508 e. The van der Waals surface area contributed by atoms with Crippen LogP contribution in [0.2, 0.25) is 0 Å². The van der Waals surface area contributed by atoms with Gasteiger partial charge in [0.1, 0.15) is 11.6 Å². The second-order valence-corrected chi connectivity index (χ2v) is 7.27. The Morgan fingerprint density at radius 3 is 2.47 bits per heavy atom. The van der Waals surface area contributed by atoms with E-state index in [1.165, 1.54) is 24.3 Å². The number of amides is 1. The number of benzene rings is 3. The Labute approximate surface area is 181 Å². The molecule has 1 amide bonds. The second kappa shape index (κ2) is 9.78. The predicted molar refractivity (Wildman–Crippen MR) is 120 cm³/mol. The van der Waals surface area contributed by atoms with Gasteiger partial charge in [-0.2, -0.15) is 0 Å². The molecule has 0 saturated carbocycles. The predicted octanol–water partition coefficient (Wildman–Crippen LogP) is 3.66. The number of nitrogens with one attached hydrogen (secondary N) is 1. The number of fused-ring (bicyclic) bond motifs is 1. The molecule has 0 bridgehead atoms. The third kappa shape index (κ3) is 5.01. The van der Waals surface area contributed by atoms with E-state index in [2.05, 4.69) is 27.2 Å². The third-order valence-electron chi connectivity index (χ3n) is 5.38. The molecule has 1 saturated heterocycles. The molecular formula is C23H25ClFN3O2. The van der Waals surface area contributed by atoms with Crippen molar-refractivity contribution in [3.63, 3.8) is 0 Å². The molecule has 3 aromatic carbocycles. The van der Waals surface area contributed by atoms with Crippen molar-refractivity contribution in [3.05, 3.63) is 72.0 Å². The van der Waals surface area contributed by atoms with E-state index in [1.54, 1.807) is 6.07 Å². The molecule has 4 rings (SSSR count). The molecule has 0 atom stereocenters. The van der Waals surface area contributed by atoms with E-state index in [0.29, 0.717) is 12.1 Å². The number of phenolic OH excluding ortho intramolecular Hbond substituents is 1. The maximum Gasteiger partial charge on any atom is 0.251 e. The smallest absolute Gasteiger partial charge is 0.251 e. The molecule has 1 aliphatic heterocycles. The number of phenols is 1. The molecule has 7 heteroatoms. The number of hydrogen-bond donors (Lipinski definition) is 2. The van der Waals surface area contributed by atoms with E-state index < -0.39 is 0 Å². The zero-order valence-corrected chi connectivity index (χ0v) is 17.4. The first kappa shape index (κ1) is 21.9. The van der Waals surface area contributed by atoms with Crippen molar-refractivity contribution in [1.29, 1.82) is 0 Å². The van der Waals surface area contributed by atoms with Gasteiger partial charge in [0.15, 0.2) is 0 Å². The van der Waals surface area contributed by atoms with Crippen LogP contribution in [0, 0.1) is 5.82 Å². The van der Waals surface area contributed by atoms with Gasteiger partial charge in [-0.25, -0.2) is 4.39 Å². The van der Waals surface area contributed by atoms with Crippen molar-refractivity contribution in [1.82, 2.24) is 10.2 Å². The number of anilines is 1. The average molecular weight is 430 g/mol. The lowest BCUT2D eigenvalue weighted by atomic mass is 10.1. The molecule has 0 radical (unpaired) electrons. The van der Waals surface area contributed by atoms with E-state index in [4.69, 9.17) is 0 Å². The summed E-state index contributed by atoms with van der Waals surface area (Å²) < 4.78 is 13.0. The molecule has 3 aromatic rings. The highest BCUT2D eigenvalue weighted by Gasteiger charge is 2.18. The van der Waals surface area contributed by atoms with Gasteiger partial charge in [-0.3, -0.25) is 9.69 Å². The Morgan fingerprint density at radius 2 is 1.73 bits per heavy atom. The quantitative estimate of drug-likeness (QED) is 0.650. The Kier molecular flexibility index (Phi) is 7.13. The van der Waals surface area contributed by atoms with E-state index in [1.807, 2.05) is 18.2 Å². The lowest BCUT2D eigenvalue weighted by Crippen LogP contribution is -2.48. The van der Waals surface area contributed by atoms with Gasteiger partial charge < -0.3 is 15.3 Å². The van der Waals surface area contributed by atoms with Crippen LogP contribution >= 0.6 is 12.4 Å². The standard InChI is InChI=1S/C23H24FN3O2.ClH/c24-19-7-4-18(5-8-19)23(29)25-10-11-26-12-14-27(15-13-26)22-3-1-2-17-6-9-20(28)16-21(17)22;/h1-9,16,28H,10-15H2,(H,25,29);1H. The van der Waals surface area contributed by atoms with Gasteiger partial charge in [-0.05, 0) is 47.9 Å². The first-order valence-corrected chi connectivity index (χ1v) is 9.83. The molecule has 0 aliphatic carbocycles. The number of halogens is 2. The Balaban J connectivity index is 0.00000256. The van der Waals surface area contributed by atoms with Gasteiger partial charge in [0.05, 0.1) is 0 Å². The minimum absolute atomic E-state index is 0. The molecule has 0 unspecified atom stereocenters. The van der Waals surface area contributed by atoms with Crippen molar-refractivity contribution in [2.75, 3.05) is 44.2 Å². The van der Waals surface area contributed by atoms with Crippen LogP contribution in [0.1, 0.15) is 10.4 Å². The Morgan fingerprint density at radius 1 is 1.00 bits per heavy atom. The van der Waals surface area contributed by atoms with Crippen molar-refractivity contribution in [2.24, 2.45) is 0 Å². The second-order valence-electron chi connectivity index (χ2n) is 7.27. The maximum absolute atomic E-state index is 13.0. The van der Waals surface area contributed by atoms with Crippen LogP contribution in [0.3, 0.4) is 0 Å². The van der Waals surface area contributed by atoms with Gasteiger partial charge >= 0.3 is 0 Å². The van der Waals surface area contributed by atoms with Crippen molar-refractivity contribution in [3.8, 4) is 5.75 Å². The fourth-order valence-electron chi connectivity index (χ4n) is 3.76. The van der Waals surface area contributed by atoms with Gasteiger partial charge in [0.2, 0.25) is 0 Å². The summed E-state index contributed by atoms with van der Waals surface area (Å²) in [5, 5.41) is 14.9. The van der Waals surface area contributed by atoms with Gasteiger partial charge in [-0.1, -0.05) is 18.2 Å². The first-order valence-electron chi connectivity index (χ1n) is 9.83. The van der Waals surface area contributed by atoms with Crippen molar-refractivity contribution < 1.29 is 14.3 Å². The third-order valence-corrected chi connectivity index (χ3v) is 5.38. The number of piperazine rings is 1. The molecule has 1 aliphatic rings. The van der Waals surface area contributed by atoms with E-state index in [0.717, 1.165) is 49.2 Å². The van der Waals surface area contributed by atoms with Crippen LogP contribution in [0.25, 0.3) is 10.8 Å². The summed E-state index contributed by atoms with van der Waals surface area (Å²) >= 11 is 0. The Bertz CT molecular complexity index is 1010. The summed E-state index contributed by atoms with van der Waals surface area (Å²) in [6, 6.07) is 17.2. The number of rotatable bonds is 5. The van der Waals surface area contributed by atoms with Crippen LogP contribution in [-0.4, -0.2) is 55.2 Å². The molecule has 0 spiro atoms. The molecule has 1 heterocycles. The number of hydrogen-bond acceptors (Lipinski definition) is 4. The minimum Gasteiger partial charge on any atom is -0.508 e. The summed E-state index contributed by atoms with van der Waals surface area (Å²) in [5.41, 5.74) is 1.61. The van der Waals surface area contributed by atoms with Crippen LogP contribution in [0.5, 0.6) is 5.75 Å². The molecule has 30 heavy (non-hydrogen) atoms. The van der Waals surface area contributed by atoms with E-state index in [9.17, 15) is 14.3 Å². The molecule has 0 aromatic heterocycles. The molecule has 2 N–H and O–H groups in total. The van der Waals surface area contributed by atoms with Gasteiger partial charge in [-0.15, -0.1) is 12.4 Å². The molecular weight excluding hydrogens is 405 g/mol. The highest BCUT2D eigenvalue weighted by molar-refractivity contribution is 5.95. The number of nitrogens with zero attached hydrogens (tertiary/aromatic N) is 2. The highest BCUT2D eigenvalue weighted by atomic mass is 35.5. The highest BCUT2D eigenvalue weighted by Crippen LogP contribution is 2.30. The summed E-state index contributed by atoms with van der Waals surface area (Å²) in [5.74, 6) is -0.250. The summed E-state index contributed by atoms with van der Waals surface area (Å²) in [7, 11) is 0. The first-order chi connectivity index (χ1) is 14.1. The lowest BCUT2D eigenvalue weighted by molar-refractivity contribution is 0.0947. The van der Waals surface area contributed by atoms with Crippen molar-refractivity contribution in [2.45, 2.75) is 0 Å². The van der Waals surface area contributed by atoms with Crippen LogP contribution in [-0.2, 0) is 0 Å². The summed E-state index contributed by atoms with van der Waals surface area (Å²) in [6.45, 7) is 4.92. The lowest BCUT2D eigenvalue weighted by Gasteiger charge is -2.36. The summed E-state index contributed by atoms with van der Waals surface area (Å²) in [4.78, 5) is 16.8. The topological polar surface area (TPSA) is 55.8 Å². The van der Waals surface area contributed by atoms with Crippen LogP contribution in [0.15, 0.2) is 60.7 Å². The molecule has 158 valence electrons. The van der Waals surface area contributed by atoms with Gasteiger partial charge in [0.25, 0.3) is 5.91 Å². The van der Waals surface area contributed by atoms with E-state index >= 15 is 0 Å². The average Bonchev–Trinajstić information content (AvgIpc) is 2.74. The monoisotopic (exact) mass is 429 g/mol. The molecule has 1 fully saturated rings. The number of carbonyl (C=O) groups excluding carboxylic acids is 1. The SMILES string of the molecule is Cl.O=C(NCCN1CCN(c2cccc3ccc(O)cc23)CC1)c1ccc(F)cc1. The van der Waals surface area contributed by atoms with E-state index in [-0.39, 0.29) is 29.9 Å². The maximum atomic E-state index is 13.0. The van der Waals surface area contributed by atoms with Gasteiger partial charge in [0, 0.05) is 55.9 Å². The zero-order chi connectivity index (χ0) is 20.2. The number of carbonyl (C=O) groups is 1. The van der Waals surface area contributed by atoms with Crippen LogP contribution in [0.4, 0.5) is 10.1 Å². The molecule has 5 nitrogen and oxygen atoms in total. The van der Waals surface area contributed by atoms with Crippen LogP contribution < -0.4 is 10.2 Å². The number of aromatic hydroxyl groups is 1. The van der Waals surface area contributed by atoms with Crippen molar-refractivity contribution >= 4 is 34.8 Å². The zero-order valence-electron chi connectivity index (χ0n) is 16.6. The normalized spacial score (nSPS) is 14.4. The minimum atomic E-state index is -0.346. The fourth-order valence-corrected chi connectivity index (χ4v) is 3.76.